The van der Waals surface area contributed by atoms with E-state index in [1.165, 1.54) is 0 Å². The van der Waals surface area contributed by atoms with E-state index in [4.69, 9.17) is 22.1 Å². The second-order valence-electron chi connectivity index (χ2n) is 7.77. The molecule has 0 radical (unpaired) electrons. The molecular weight excluding hydrogens is 556 g/mol. The third kappa shape index (κ3) is 4.45. The van der Waals surface area contributed by atoms with Crippen LogP contribution in [0.15, 0.2) is 75.6 Å². The van der Waals surface area contributed by atoms with Crippen molar-refractivity contribution >= 4 is 79.0 Å². The minimum Gasteiger partial charge on any atom is -0.277 e. The lowest BCUT2D eigenvalue weighted by molar-refractivity contribution is -0.121. The van der Waals surface area contributed by atoms with Crippen molar-refractivity contribution in [2.45, 2.75) is 24.1 Å². The molecule has 2 aliphatic rings. The van der Waals surface area contributed by atoms with Gasteiger partial charge in [-0.05, 0) is 41.3 Å². The number of carbonyl (C=O) groups is 2. The average Bonchev–Trinajstić information content (AvgIpc) is 3.55. The topological polar surface area (TPSA) is 76.8 Å². The van der Waals surface area contributed by atoms with E-state index in [0.29, 0.717) is 17.1 Å². The van der Waals surface area contributed by atoms with Crippen molar-refractivity contribution in [1.29, 1.82) is 5.41 Å². The monoisotopic (exact) mass is 572 g/mol. The quantitative estimate of drug-likeness (QED) is 0.225. The Balaban J connectivity index is 1.39. The van der Waals surface area contributed by atoms with Crippen molar-refractivity contribution in [2.24, 2.45) is 5.10 Å². The van der Waals surface area contributed by atoms with Gasteiger partial charge in [-0.3, -0.25) is 15.0 Å². The number of anilines is 1. The highest BCUT2D eigenvalue weighted by molar-refractivity contribution is 9.10. The van der Waals surface area contributed by atoms with Gasteiger partial charge >= 0.3 is 0 Å². The van der Waals surface area contributed by atoms with Gasteiger partial charge in [0.05, 0.1) is 27.3 Å². The molecule has 6 nitrogen and oxygen atoms in total. The number of rotatable bonds is 4. The van der Waals surface area contributed by atoms with Crippen LogP contribution in [-0.2, 0) is 9.59 Å². The zero-order valence-electron chi connectivity index (χ0n) is 17.7. The Bertz CT molecular complexity index is 1300. The molecule has 2 atom stereocenters. The van der Waals surface area contributed by atoms with E-state index in [1.807, 2.05) is 41.8 Å². The number of amidine groups is 1. The summed E-state index contributed by atoms with van der Waals surface area (Å²) in [4.78, 5) is 28.0. The third-order valence-corrected chi connectivity index (χ3v) is 8.46. The number of thiophene rings is 1. The lowest BCUT2D eigenvalue weighted by Gasteiger charge is -2.24. The van der Waals surface area contributed by atoms with Crippen molar-refractivity contribution in [3.05, 3.63) is 86.0 Å². The number of nitrogens with zero attached hydrogens (tertiary/aromatic N) is 3. The molecule has 0 saturated carbocycles. The molecule has 5 rings (SSSR count). The van der Waals surface area contributed by atoms with Gasteiger partial charge in [0.25, 0.3) is 0 Å². The average molecular weight is 574 g/mol. The van der Waals surface area contributed by atoms with Crippen LogP contribution in [0.5, 0.6) is 0 Å². The van der Waals surface area contributed by atoms with E-state index in [-0.39, 0.29) is 29.4 Å². The molecule has 1 N–H and O–H groups in total. The van der Waals surface area contributed by atoms with Crippen molar-refractivity contribution < 1.29 is 9.59 Å². The fraction of sp³-hybridized carbons (Fsp3) is 0.167. The van der Waals surface area contributed by atoms with Crippen LogP contribution in [0.25, 0.3) is 0 Å². The Labute approximate surface area is 218 Å². The summed E-state index contributed by atoms with van der Waals surface area (Å²) in [6, 6.07) is 18.6. The number of nitrogens with one attached hydrogen (secondary N) is 1. The van der Waals surface area contributed by atoms with Gasteiger partial charge in [-0.1, -0.05) is 69.6 Å². The smallest absolute Gasteiger partial charge is 0.247 e. The molecule has 1 aromatic heterocycles. The summed E-state index contributed by atoms with van der Waals surface area (Å²) in [5.74, 6) is -0.688. The standard InChI is InChI=1S/C24H18BrClN4O2S2/c25-15-9-7-14(8-10-15)19-12-17(20-6-3-11-33-20)28-30(19)24(27)34-21-13-22(31)29(23(21)32)18-5-2-1-4-16(18)26/h1-11,19,21,27H,12-13H2/t19-,21+/m1/s1. The number of benzene rings is 2. The first-order valence-corrected chi connectivity index (χ1v) is 13.4. The maximum Gasteiger partial charge on any atom is 0.247 e. The van der Waals surface area contributed by atoms with E-state index >= 15 is 0 Å². The summed E-state index contributed by atoms with van der Waals surface area (Å²) in [5.41, 5.74) is 2.30. The van der Waals surface area contributed by atoms with Crippen LogP contribution >= 0.6 is 50.6 Å². The van der Waals surface area contributed by atoms with Crippen LogP contribution in [0, 0.1) is 5.41 Å². The first-order chi connectivity index (χ1) is 16.4. The van der Waals surface area contributed by atoms with Gasteiger partial charge in [-0.15, -0.1) is 11.3 Å². The van der Waals surface area contributed by atoms with Gasteiger partial charge in [0.2, 0.25) is 11.8 Å². The predicted octanol–water partition coefficient (Wildman–Crippen LogP) is 6.32. The van der Waals surface area contributed by atoms with Gasteiger partial charge in [0.15, 0.2) is 5.17 Å². The number of halogens is 2. The number of imide groups is 1. The molecule has 1 saturated heterocycles. The Morgan fingerprint density at radius 1 is 1.09 bits per heavy atom. The van der Waals surface area contributed by atoms with Crippen molar-refractivity contribution in [3.63, 3.8) is 0 Å². The summed E-state index contributed by atoms with van der Waals surface area (Å²) in [5, 5.41) is 17.0. The van der Waals surface area contributed by atoms with Crippen LogP contribution in [0.3, 0.4) is 0 Å². The van der Waals surface area contributed by atoms with E-state index in [2.05, 4.69) is 15.9 Å². The number of carbonyl (C=O) groups excluding carboxylic acids is 2. The summed E-state index contributed by atoms with van der Waals surface area (Å²) in [6.07, 6.45) is 0.657. The maximum absolute atomic E-state index is 13.1. The molecule has 0 unspecified atom stereocenters. The second kappa shape index (κ2) is 9.65. The van der Waals surface area contributed by atoms with Crippen LogP contribution in [0.2, 0.25) is 5.02 Å². The summed E-state index contributed by atoms with van der Waals surface area (Å²) in [6.45, 7) is 0. The van der Waals surface area contributed by atoms with E-state index in [9.17, 15) is 9.59 Å². The van der Waals surface area contributed by atoms with Crippen molar-refractivity contribution in [2.75, 3.05) is 4.90 Å². The number of hydrogen-bond acceptors (Lipinski definition) is 6. The lowest BCUT2D eigenvalue weighted by Crippen LogP contribution is -2.32. The van der Waals surface area contributed by atoms with Gasteiger partial charge in [-0.2, -0.15) is 5.10 Å². The Morgan fingerprint density at radius 3 is 2.56 bits per heavy atom. The molecule has 2 aromatic carbocycles. The highest BCUT2D eigenvalue weighted by atomic mass is 79.9. The lowest BCUT2D eigenvalue weighted by atomic mass is 10.0. The Morgan fingerprint density at radius 2 is 1.85 bits per heavy atom. The minimum atomic E-state index is -0.706. The fourth-order valence-corrected chi connectivity index (χ4v) is 6.19. The maximum atomic E-state index is 13.1. The Kier molecular flexibility index (Phi) is 6.61. The minimum absolute atomic E-state index is 0.00932. The molecule has 2 amide bonds. The summed E-state index contributed by atoms with van der Waals surface area (Å²) < 4.78 is 0.972. The number of para-hydroxylation sites is 1. The van der Waals surface area contributed by atoms with Crippen LogP contribution in [-0.4, -0.2) is 33.0 Å². The van der Waals surface area contributed by atoms with E-state index < -0.39 is 5.25 Å². The number of hydrogen-bond donors (Lipinski definition) is 1. The molecule has 3 heterocycles. The third-order valence-electron chi connectivity index (χ3n) is 5.63. The summed E-state index contributed by atoms with van der Waals surface area (Å²) in [7, 11) is 0. The first-order valence-electron chi connectivity index (χ1n) is 10.4. The molecule has 3 aromatic rings. The summed E-state index contributed by atoms with van der Waals surface area (Å²) >= 11 is 12.4. The number of hydrazone groups is 1. The van der Waals surface area contributed by atoms with Crippen LogP contribution in [0.1, 0.15) is 29.3 Å². The van der Waals surface area contributed by atoms with Gasteiger partial charge < -0.3 is 0 Å². The molecule has 0 aliphatic carbocycles. The van der Waals surface area contributed by atoms with E-state index in [1.54, 1.807) is 40.6 Å². The normalized spacial score (nSPS) is 20.2. The predicted molar refractivity (Wildman–Crippen MR) is 142 cm³/mol. The molecule has 0 spiro atoms. The number of thioether (sulfide) groups is 1. The molecule has 172 valence electrons. The van der Waals surface area contributed by atoms with Gasteiger partial charge in [-0.25, -0.2) is 9.91 Å². The van der Waals surface area contributed by atoms with E-state index in [0.717, 1.165) is 37.3 Å². The number of amides is 2. The zero-order valence-corrected chi connectivity index (χ0v) is 21.6. The molecule has 34 heavy (non-hydrogen) atoms. The molecule has 1 fully saturated rings. The van der Waals surface area contributed by atoms with Crippen molar-refractivity contribution in [1.82, 2.24) is 5.01 Å². The van der Waals surface area contributed by atoms with Crippen molar-refractivity contribution in [3.8, 4) is 0 Å². The second-order valence-corrected chi connectivity index (χ2v) is 11.2. The molecule has 0 bridgehead atoms. The highest BCUT2D eigenvalue weighted by Crippen LogP contribution is 2.39. The first kappa shape index (κ1) is 23.3. The van der Waals surface area contributed by atoms with Gasteiger partial charge in [0.1, 0.15) is 5.25 Å². The largest absolute Gasteiger partial charge is 0.277 e. The molecule has 10 heteroatoms. The van der Waals surface area contributed by atoms with Gasteiger partial charge in [0, 0.05) is 17.3 Å². The molecule has 2 aliphatic heterocycles. The van der Waals surface area contributed by atoms with Crippen LogP contribution in [0.4, 0.5) is 5.69 Å². The Hall–Kier alpha value is -2.46. The molecular formula is C24H18BrClN4O2S2. The highest BCUT2D eigenvalue weighted by Gasteiger charge is 2.43. The van der Waals surface area contributed by atoms with Crippen LogP contribution < -0.4 is 4.90 Å². The SMILES string of the molecule is N=C(S[C@H]1CC(=O)N(c2ccccc2Cl)C1=O)N1N=C(c2cccs2)C[C@@H]1c1ccc(Br)cc1. The fourth-order valence-electron chi connectivity index (χ4n) is 4.00. The zero-order chi connectivity index (χ0) is 23.8.